The maximum absolute atomic E-state index is 13.7. The second kappa shape index (κ2) is 38.6. The van der Waals surface area contributed by atoms with Crippen molar-refractivity contribution in [3.05, 3.63) is 207 Å². The summed E-state index contributed by atoms with van der Waals surface area (Å²) in [6.07, 6.45) is 25.3. The van der Waals surface area contributed by atoms with Gasteiger partial charge in [0.25, 0.3) is 23.6 Å². The summed E-state index contributed by atoms with van der Waals surface area (Å²) in [5.74, 6) is 1.48. The minimum atomic E-state index is -0.0921. The SMILES string of the molecule is C1CC[CH]([Zr][CH]2CCCCC2)CC1.CC(NC(=O)c1c(C(C)C)cc(C)cc1C(C)C)=C1C=CCC(=C(C)NC(=O)c2c(C(C)C)cc(C)cc2C(C)C)N1.CC(NC(=O)c1c(C(C)C)cc(C)cc1C(C)C)=C1C=CCC(=C(C)NC(=O)c2c(C(C)C)cc(C)cc2C(C)C)N1.[Zr]. The largest absolute Gasteiger partial charge is 0.356 e. The van der Waals surface area contributed by atoms with Crippen LogP contribution in [0.15, 0.2) is 118 Å². The topological polar surface area (TPSA) is 140 Å². The molecule has 4 aliphatic rings. The fraction of sp³-hybridized carbons (Fsp3) is 0.535. The molecule has 8 rings (SSSR count). The second-order valence-corrected chi connectivity index (χ2v) is 35.7. The molecule has 4 amide bonds. The van der Waals surface area contributed by atoms with Crippen LogP contribution in [0.2, 0.25) is 7.25 Å². The molecule has 2 heterocycles. The first-order chi connectivity index (χ1) is 45.7. The van der Waals surface area contributed by atoms with E-state index >= 15 is 0 Å². The van der Waals surface area contributed by atoms with Crippen molar-refractivity contribution >= 4 is 23.6 Å². The standard InChI is InChI=1S/2C37H51N3O2.2C6H11.2Zr/c2*1-20(2)28-16-24(9)17-29(21(3)4)34(28)36(41)38-26(11)32-14-13-15-33(40-32)27(12)39-37(42)35-30(22(5)6)18-25(10)19-31(35)23(7)8;2*1-2-4-6-5-3-1;;/h2*13-14,16-23,40H,15H2,1-12H3,(H,38,41)(H,39,42);2*1H,2-6H2;;. The Hall–Kier alpha value is -5.43. The van der Waals surface area contributed by atoms with Crippen LogP contribution in [0.25, 0.3) is 0 Å². The molecule has 10 nitrogen and oxygen atoms in total. The molecular weight excluding hydrogens is 1360 g/mol. The molecule has 12 heteroatoms. The zero-order valence-corrected chi connectivity index (χ0v) is 69.7. The van der Waals surface area contributed by atoms with Crippen molar-refractivity contribution in [2.45, 2.75) is 298 Å². The molecule has 6 N–H and O–H groups in total. The maximum Gasteiger partial charge on any atom is 0.256 e. The second-order valence-electron chi connectivity index (χ2n) is 30.9. The van der Waals surface area contributed by atoms with Crippen molar-refractivity contribution in [3.63, 3.8) is 0 Å². The van der Waals surface area contributed by atoms with Crippen LogP contribution in [0.3, 0.4) is 0 Å². The molecule has 2 fully saturated rings. The first kappa shape index (κ1) is 83.2. The first-order valence-corrected chi connectivity index (χ1v) is 39.8. The van der Waals surface area contributed by atoms with Crippen LogP contribution in [-0.4, -0.2) is 23.6 Å². The summed E-state index contributed by atoms with van der Waals surface area (Å²) in [7, 11) is 0. The normalized spacial score (nSPS) is 17.2. The van der Waals surface area contributed by atoms with Crippen LogP contribution in [0.1, 0.15) is 371 Å². The molecule has 4 aromatic carbocycles. The van der Waals surface area contributed by atoms with E-state index < -0.39 is 0 Å². The Morgan fingerprint density at radius 2 is 0.551 bits per heavy atom. The minimum Gasteiger partial charge on any atom is -0.356 e. The van der Waals surface area contributed by atoms with Gasteiger partial charge in [0, 0.05) is 95.5 Å². The molecule has 0 saturated heterocycles. The molecule has 0 bridgehead atoms. The van der Waals surface area contributed by atoms with Crippen molar-refractivity contribution in [2.24, 2.45) is 0 Å². The van der Waals surface area contributed by atoms with Crippen LogP contribution < -0.4 is 31.9 Å². The molecule has 0 atom stereocenters. The van der Waals surface area contributed by atoms with Gasteiger partial charge in [-0.1, -0.05) is 194 Å². The van der Waals surface area contributed by atoms with Gasteiger partial charge in [0.15, 0.2) is 0 Å². The van der Waals surface area contributed by atoms with Gasteiger partial charge in [0.2, 0.25) is 0 Å². The quantitative estimate of drug-likeness (QED) is 0.0586. The summed E-state index contributed by atoms with van der Waals surface area (Å²) in [6.45, 7) is 50.1. The van der Waals surface area contributed by atoms with E-state index in [0.717, 1.165) is 112 Å². The molecule has 2 aliphatic heterocycles. The van der Waals surface area contributed by atoms with Crippen LogP contribution in [0.4, 0.5) is 0 Å². The summed E-state index contributed by atoms with van der Waals surface area (Å²) in [5.41, 5.74) is 22.8. The van der Waals surface area contributed by atoms with Crippen molar-refractivity contribution in [3.8, 4) is 0 Å². The molecule has 2 saturated carbocycles. The summed E-state index contributed by atoms with van der Waals surface area (Å²) in [6, 6.07) is 17.0. The summed E-state index contributed by atoms with van der Waals surface area (Å²) in [5, 5.41) is 19.6. The molecule has 2 aliphatic carbocycles. The van der Waals surface area contributed by atoms with Crippen molar-refractivity contribution in [1.29, 1.82) is 0 Å². The molecular formula is C86H124N6O4Zr2. The predicted octanol–water partition coefficient (Wildman–Crippen LogP) is 22.5. The van der Waals surface area contributed by atoms with Gasteiger partial charge in [-0.25, -0.2) is 0 Å². The molecule has 530 valence electrons. The van der Waals surface area contributed by atoms with E-state index in [1.54, 1.807) is 64.2 Å². The maximum atomic E-state index is 13.7. The van der Waals surface area contributed by atoms with Gasteiger partial charge < -0.3 is 31.9 Å². The van der Waals surface area contributed by atoms with E-state index in [2.05, 4.69) is 231 Å². The Bertz CT molecular complexity index is 3310. The number of carbonyl (C=O) groups is 4. The number of aryl methyl sites for hydroxylation is 4. The monoisotopic (exact) mass is 1480 g/mol. The third-order valence-electron chi connectivity index (χ3n) is 19.6. The molecule has 0 unspecified atom stereocenters. The van der Waals surface area contributed by atoms with Gasteiger partial charge in [0.05, 0.1) is 11.4 Å². The van der Waals surface area contributed by atoms with E-state index in [1.807, 2.05) is 39.8 Å². The number of carbonyl (C=O) groups excluding carboxylic acids is 4. The van der Waals surface area contributed by atoms with Gasteiger partial charge in [-0.15, -0.1) is 0 Å². The number of allylic oxidation sites excluding steroid dienone is 8. The zero-order valence-electron chi connectivity index (χ0n) is 64.8. The Morgan fingerprint density at radius 1 is 0.347 bits per heavy atom. The number of nitrogens with one attached hydrogen (secondary N) is 6. The van der Waals surface area contributed by atoms with Crippen molar-refractivity contribution in [1.82, 2.24) is 31.9 Å². The summed E-state index contributed by atoms with van der Waals surface area (Å²) in [4.78, 5) is 54.8. The van der Waals surface area contributed by atoms with E-state index in [0.29, 0.717) is 12.8 Å². The molecule has 0 spiro atoms. The van der Waals surface area contributed by atoms with E-state index in [4.69, 9.17) is 0 Å². The number of benzene rings is 4. The predicted molar refractivity (Wildman–Crippen MR) is 406 cm³/mol. The number of hydrogen-bond donors (Lipinski definition) is 6. The Morgan fingerprint density at radius 3 is 0.755 bits per heavy atom. The van der Waals surface area contributed by atoms with Gasteiger partial charge >= 0.3 is 94.7 Å². The molecule has 98 heavy (non-hydrogen) atoms. The van der Waals surface area contributed by atoms with E-state index in [1.165, 1.54) is 29.5 Å². The van der Waals surface area contributed by atoms with E-state index in [9.17, 15) is 19.2 Å². The Kier molecular flexibility index (Phi) is 32.7. The van der Waals surface area contributed by atoms with Gasteiger partial charge in [-0.2, -0.15) is 0 Å². The third-order valence-corrected chi connectivity index (χ3v) is 24.8. The minimum absolute atomic E-state index is 0. The van der Waals surface area contributed by atoms with Crippen LogP contribution in [0.5, 0.6) is 0 Å². The fourth-order valence-electron chi connectivity index (χ4n) is 14.2. The number of amides is 4. The van der Waals surface area contributed by atoms with Crippen LogP contribution in [0, 0.1) is 27.7 Å². The van der Waals surface area contributed by atoms with Crippen molar-refractivity contribution in [2.75, 3.05) is 0 Å². The summed E-state index contributed by atoms with van der Waals surface area (Å²) >= 11 is 0.0367. The Labute approximate surface area is 624 Å². The van der Waals surface area contributed by atoms with E-state index in [-0.39, 0.29) is 120 Å². The molecule has 0 radical (unpaired) electrons. The number of rotatable bonds is 18. The first-order valence-electron chi connectivity index (χ1n) is 37.0. The van der Waals surface area contributed by atoms with Crippen molar-refractivity contribution < 1.29 is 68.6 Å². The van der Waals surface area contributed by atoms with Crippen LogP contribution in [-0.2, 0) is 49.4 Å². The van der Waals surface area contributed by atoms with Crippen LogP contribution >= 0.6 is 0 Å². The average molecular weight is 1490 g/mol. The Balaban J connectivity index is 0.000000295. The average Bonchev–Trinajstić information content (AvgIpc) is 0.813. The molecule has 0 aromatic heterocycles. The van der Waals surface area contributed by atoms with Gasteiger partial charge in [0.1, 0.15) is 0 Å². The third kappa shape index (κ3) is 22.8. The zero-order chi connectivity index (χ0) is 71.9. The van der Waals surface area contributed by atoms with Gasteiger partial charge in [-0.05, 0) is 159 Å². The fourth-order valence-corrected chi connectivity index (χ4v) is 19.5. The smallest absolute Gasteiger partial charge is 0.256 e. The molecule has 4 aromatic rings. The van der Waals surface area contributed by atoms with Gasteiger partial charge in [-0.3, -0.25) is 19.2 Å². The summed E-state index contributed by atoms with van der Waals surface area (Å²) < 4.78 is 2.58. The number of hydrogen-bond acceptors (Lipinski definition) is 6.